The minimum atomic E-state index is -3.78. The first-order valence-corrected chi connectivity index (χ1v) is 9.39. The van der Waals surface area contributed by atoms with Gasteiger partial charge in [0, 0.05) is 5.54 Å². The number of hydrogen-bond acceptors (Lipinski definition) is 4. The zero-order valence-corrected chi connectivity index (χ0v) is 15.9. The van der Waals surface area contributed by atoms with Crippen LogP contribution >= 0.6 is 27.3 Å². The van der Waals surface area contributed by atoms with Gasteiger partial charge in [-0.05, 0) is 47.7 Å². The molecular weight excluding hydrogens is 378 g/mol. The van der Waals surface area contributed by atoms with Gasteiger partial charge in [0.05, 0.1) is 3.79 Å². The summed E-state index contributed by atoms with van der Waals surface area (Å²) >= 11 is 4.01. The van der Waals surface area contributed by atoms with Crippen LogP contribution in [0.1, 0.15) is 50.7 Å². The van der Waals surface area contributed by atoms with Crippen molar-refractivity contribution in [1.82, 2.24) is 4.72 Å². The van der Waals surface area contributed by atoms with Crippen LogP contribution in [-0.4, -0.2) is 25.0 Å². The van der Waals surface area contributed by atoms with Crippen LogP contribution in [0, 0.1) is 5.41 Å². The number of nitrogens with one attached hydrogen (secondary N) is 1. The summed E-state index contributed by atoms with van der Waals surface area (Å²) in [6.07, 6.45) is 0.646. The maximum Gasteiger partial charge on any atom is 0.345 e. The second kappa shape index (κ2) is 5.98. The molecule has 0 saturated heterocycles. The average molecular weight is 398 g/mol. The number of carboxylic acids is 1. The molecule has 8 heteroatoms. The molecule has 0 aliphatic rings. The van der Waals surface area contributed by atoms with Gasteiger partial charge in [-0.2, -0.15) is 0 Å². The number of halogens is 1. The first kappa shape index (κ1) is 18.6. The van der Waals surface area contributed by atoms with E-state index in [1.807, 2.05) is 34.6 Å². The second-order valence-corrected chi connectivity index (χ2v) is 10.8. The number of sulfonamides is 1. The van der Waals surface area contributed by atoms with Crippen molar-refractivity contribution in [3.05, 3.63) is 14.7 Å². The Bertz CT molecular complexity index is 642. The first-order valence-electron chi connectivity index (χ1n) is 6.30. The lowest BCUT2D eigenvalue weighted by atomic mass is 9.82. The van der Waals surface area contributed by atoms with Crippen LogP contribution in [0.5, 0.6) is 0 Å². The highest BCUT2D eigenvalue weighted by atomic mass is 79.9. The predicted octanol–water partition coefficient (Wildman–Crippen LogP) is 3.70. The molecule has 1 rings (SSSR count). The molecule has 120 valence electrons. The van der Waals surface area contributed by atoms with E-state index in [4.69, 9.17) is 5.11 Å². The Labute approximate surface area is 137 Å². The number of thiophene rings is 1. The highest BCUT2D eigenvalue weighted by Gasteiger charge is 2.32. The summed E-state index contributed by atoms with van der Waals surface area (Å²) in [5.41, 5.74) is -0.675. The quantitative estimate of drug-likeness (QED) is 0.792. The molecule has 0 amide bonds. The molecule has 1 aromatic rings. The molecule has 0 fully saturated rings. The third-order valence-corrected chi connectivity index (χ3v) is 6.48. The Balaban J connectivity index is 3.10. The van der Waals surface area contributed by atoms with Gasteiger partial charge in [0.2, 0.25) is 10.0 Å². The zero-order valence-electron chi connectivity index (χ0n) is 12.7. The fraction of sp³-hybridized carbons (Fsp3) is 0.615. The largest absolute Gasteiger partial charge is 0.477 e. The standard InChI is InChI=1S/C13H20BrNO4S2/c1-12(2,3)7-13(4,5)15-21(18,19)9-6-8(11(16)17)20-10(9)14/h6,15H,7H2,1-5H3,(H,16,17). The van der Waals surface area contributed by atoms with E-state index in [1.165, 1.54) is 6.07 Å². The van der Waals surface area contributed by atoms with E-state index in [1.54, 1.807) is 0 Å². The van der Waals surface area contributed by atoms with Crippen molar-refractivity contribution in [2.45, 2.75) is 51.5 Å². The van der Waals surface area contributed by atoms with E-state index in [9.17, 15) is 13.2 Å². The molecule has 5 nitrogen and oxygen atoms in total. The van der Waals surface area contributed by atoms with Gasteiger partial charge in [0.15, 0.2) is 0 Å². The Kier molecular flexibility index (Phi) is 5.30. The van der Waals surface area contributed by atoms with E-state index in [0.717, 1.165) is 11.3 Å². The van der Waals surface area contributed by atoms with E-state index in [2.05, 4.69) is 20.7 Å². The molecule has 0 aromatic carbocycles. The van der Waals surface area contributed by atoms with Gasteiger partial charge in [-0.15, -0.1) is 11.3 Å². The van der Waals surface area contributed by atoms with E-state index in [-0.39, 0.29) is 15.2 Å². The van der Waals surface area contributed by atoms with Crippen molar-refractivity contribution >= 4 is 43.3 Å². The minimum Gasteiger partial charge on any atom is -0.477 e. The van der Waals surface area contributed by atoms with Gasteiger partial charge in [0.25, 0.3) is 0 Å². The summed E-state index contributed by atoms with van der Waals surface area (Å²) in [6, 6.07) is 1.17. The molecule has 0 aliphatic carbocycles. The summed E-state index contributed by atoms with van der Waals surface area (Å²) < 4.78 is 27.9. The lowest BCUT2D eigenvalue weighted by Gasteiger charge is -2.32. The molecule has 0 spiro atoms. The molecule has 0 atom stereocenters. The number of carbonyl (C=O) groups is 1. The summed E-state index contributed by atoms with van der Waals surface area (Å²) in [7, 11) is -3.78. The van der Waals surface area contributed by atoms with Gasteiger partial charge < -0.3 is 5.11 Å². The van der Waals surface area contributed by atoms with Crippen molar-refractivity contribution in [2.24, 2.45) is 5.41 Å². The van der Waals surface area contributed by atoms with Crippen molar-refractivity contribution in [1.29, 1.82) is 0 Å². The molecule has 1 aromatic heterocycles. The van der Waals surface area contributed by atoms with Gasteiger partial charge in [-0.1, -0.05) is 20.8 Å². The highest BCUT2D eigenvalue weighted by molar-refractivity contribution is 9.11. The summed E-state index contributed by atoms with van der Waals surface area (Å²) in [6.45, 7) is 9.73. The SMILES string of the molecule is CC(C)(C)CC(C)(C)NS(=O)(=O)c1cc(C(=O)O)sc1Br. The average Bonchev–Trinajstić information content (AvgIpc) is 2.54. The number of aromatic carboxylic acids is 1. The molecule has 2 N–H and O–H groups in total. The number of hydrogen-bond donors (Lipinski definition) is 2. The first-order chi connectivity index (χ1) is 9.23. The van der Waals surface area contributed by atoms with Crippen molar-refractivity contribution < 1.29 is 18.3 Å². The Morgan fingerprint density at radius 1 is 1.33 bits per heavy atom. The topological polar surface area (TPSA) is 83.5 Å². The van der Waals surface area contributed by atoms with Crippen LogP contribution in [-0.2, 0) is 10.0 Å². The molecule has 0 bridgehead atoms. The highest BCUT2D eigenvalue weighted by Crippen LogP contribution is 2.34. The predicted molar refractivity (Wildman–Crippen MR) is 87.5 cm³/mol. The summed E-state index contributed by atoms with van der Waals surface area (Å²) in [5.74, 6) is -1.14. The van der Waals surface area contributed by atoms with Crippen LogP contribution in [0.2, 0.25) is 0 Å². The van der Waals surface area contributed by atoms with Crippen LogP contribution in [0.4, 0.5) is 0 Å². The fourth-order valence-electron chi connectivity index (χ4n) is 2.42. The van der Waals surface area contributed by atoms with Crippen LogP contribution in [0.15, 0.2) is 14.7 Å². The van der Waals surface area contributed by atoms with E-state index < -0.39 is 21.5 Å². The maximum atomic E-state index is 12.5. The van der Waals surface area contributed by atoms with Crippen LogP contribution < -0.4 is 4.72 Å². The Hall–Kier alpha value is -0.440. The van der Waals surface area contributed by atoms with E-state index in [0.29, 0.717) is 10.2 Å². The van der Waals surface area contributed by atoms with Crippen molar-refractivity contribution in [3.8, 4) is 0 Å². The molecule has 0 aliphatic heterocycles. The smallest absolute Gasteiger partial charge is 0.345 e. The Morgan fingerprint density at radius 3 is 2.24 bits per heavy atom. The van der Waals surface area contributed by atoms with Crippen LogP contribution in [0.25, 0.3) is 0 Å². The van der Waals surface area contributed by atoms with Crippen molar-refractivity contribution in [2.75, 3.05) is 0 Å². The molecule has 21 heavy (non-hydrogen) atoms. The fourth-order valence-corrected chi connectivity index (χ4v) is 6.24. The third kappa shape index (κ3) is 5.36. The van der Waals surface area contributed by atoms with Gasteiger partial charge >= 0.3 is 5.97 Å². The third-order valence-electron chi connectivity index (χ3n) is 2.54. The minimum absolute atomic E-state index is 0.0177. The van der Waals surface area contributed by atoms with Gasteiger partial charge in [-0.3, -0.25) is 0 Å². The number of carboxylic acid groups (broad SMARTS) is 1. The number of rotatable bonds is 5. The second-order valence-electron chi connectivity index (χ2n) is 6.78. The summed E-state index contributed by atoms with van der Waals surface area (Å²) in [4.78, 5) is 10.9. The normalized spacial score (nSPS) is 13.4. The lowest BCUT2D eigenvalue weighted by Crippen LogP contribution is -2.45. The summed E-state index contributed by atoms with van der Waals surface area (Å²) in [5, 5.41) is 8.95. The van der Waals surface area contributed by atoms with Crippen LogP contribution in [0.3, 0.4) is 0 Å². The van der Waals surface area contributed by atoms with E-state index >= 15 is 0 Å². The monoisotopic (exact) mass is 397 g/mol. The maximum absolute atomic E-state index is 12.5. The molecule has 0 saturated carbocycles. The molecule has 0 unspecified atom stereocenters. The Morgan fingerprint density at radius 2 is 1.86 bits per heavy atom. The lowest BCUT2D eigenvalue weighted by molar-refractivity contribution is 0.0702. The van der Waals surface area contributed by atoms with Gasteiger partial charge in [-0.25, -0.2) is 17.9 Å². The molecule has 1 heterocycles. The molecule has 0 radical (unpaired) electrons. The van der Waals surface area contributed by atoms with Crippen molar-refractivity contribution in [3.63, 3.8) is 0 Å². The molecular formula is C13H20BrNO4S2. The van der Waals surface area contributed by atoms with Gasteiger partial charge in [0.1, 0.15) is 9.77 Å². The zero-order chi connectivity index (χ0) is 16.6.